The summed E-state index contributed by atoms with van der Waals surface area (Å²) in [5, 5.41) is 5.64. The van der Waals surface area contributed by atoms with Crippen LogP contribution < -0.4 is 5.73 Å². The monoisotopic (exact) mass is 301 g/mol. The number of aromatic nitrogens is 2. The highest BCUT2D eigenvalue weighted by Crippen LogP contribution is 2.32. The highest BCUT2D eigenvalue weighted by Gasteiger charge is 2.12. The van der Waals surface area contributed by atoms with Crippen LogP contribution in [0.5, 0.6) is 0 Å². The van der Waals surface area contributed by atoms with E-state index in [-0.39, 0.29) is 0 Å². The number of nitrogens with two attached hydrogens (primary N) is 1. The summed E-state index contributed by atoms with van der Waals surface area (Å²) in [7, 11) is 1.89. The van der Waals surface area contributed by atoms with Gasteiger partial charge >= 0.3 is 0 Å². The van der Waals surface area contributed by atoms with Gasteiger partial charge in [0.15, 0.2) is 0 Å². The molecule has 0 aliphatic carbocycles. The molecule has 0 amide bonds. The first-order chi connectivity index (χ1) is 8.49. The standard InChI is InChI=1S/C12H13Cl2N3S/c1-7-12(14)10(17(2)16-7)6-18-11-4-3-8(13)5-9(11)15/h3-5H,6,15H2,1-2H3. The van der Waals surface area contributed by atoms with Crippen LogP contribution in [0.3, 0.4) is 0 Å². The molecule has 1 heterocycles. The fraction of sp³-hybridized carbons (Fsp3) is 0.250. The first kappa shape index (κ1) is 13.6. The Morgan fingerprint density at radius 2 is 2.11 bits per heavy atom. The van der Waals surface area contributed by atoms with Gasteiger partial charge in [-0.05, 0) is 25.1 Å². The number of benzene rings is 1. The molecule has 3 nitrogen and oxygen atoms in total. The second kappa shape index (κ2) is 5.43. The molecule has 2 N–H and O–H groups in total. The maximum atomic E-state index is 6.20. The van der Waals surface area contributed by atoms with Crippen LogP contribution >= 0.6 is 35.0 Å². The zero-order chi connectivity index (χ0) is 13.3. The molecule has 0 aliphatic heterocycles. The maximum Gasteiger partial charge on any atom is 0.0855 e. The average molecular weight is 302 g/mol. The topological polar surface area (TPSA) is 43.8 Å². The predicted octanol–water partition coefficient (Wildman–Crippen LogP) is 3.91. The number of nitrogen functional groups attached to an aromatic ring is 1. The molecule has 0 saturated heterocycles. The Hall–Kier alpha value is -0.840. The van der Waals surface area contributed by atoms with Gasteiger partial charge in [0.25, 0.3) is 0 Å². The van der Waals surface area contributed by atoms with E-state index in [0.717, 1.165) is 27.1 Å². The summed E-state index contributed by atoms with van der Waals surface area (Å²) in [6.07, 6.45) is 0. The Labute approximate surface area is 120 Å². The Morgan fingerprint density at radius 1 is 1.39 bits per heavy atom. The van der Waals surface area contributed by atoms with Crippen LogP contribution in [0, 0.1) is 6.92 Å². The lowest BCUT2D eigenvalue weighted by atomic mass is 10.3. The highest BCUT2D eigenvalue weighted by molar-refractivity contribution is 7.98. The van der Waals surface area contributed by atoms with E-state index in [2.05, 4.69) is 5.10 Å². The van der Waals surface area contributed by atoms with Crippen molar-refractivity contribution in [3.8, 4) is 0 Å². The molecule has 1 aromatic carbocycles. The van der Waals surface area contributed by atoms with E-state index in [0.29, 0.717) is 10.7 Å². The van der Waals surface area contributed by atoms with Crippen LogP contribution in [-0.4, -0.2) is 9.78 Å². The van der Waals surface area contributed by atoms with Gasteiger partial charge in [-0.1, -0.05) is 23.2 Å². The van der Waals surface area contributed by atoms with Gasteiger partial charge in [-0.15, -0.1) is 11.8 Å². The Bertz CT molecular complexity index is 581. The van der Waals surface area contributed by atoms with Crippen LogP contribution in [0.15, 0.2) is 23.1 Å². The summed E-state index contributed by atoms with van der Waals surface area (Å²) >= 11 is 13.7. The minimum absolute atomic E-state index is 0.645. The molecule has 2 aromatic rings. The summed E-state index contributed by atoms with van der Waals surface area (Å²) in [6, 6.07) is 5.50. The fourth-order valence-electron chi connectivity index (χ4n) is 1.63. The Kier molecular flexibility index (Phi) is 4.10. The molecule has 2 rings (SSSR count). The third-order valence-corrected chi connectivity index (χ3v) is 4.43. The number of hydrogen-bond donors (Lipinski definition) is 1. The van der Waals surface area contributed by atoms with Gasteiger partial charge in [0.1, 0.15) is 0 Å². The van der Waals surface area contributed by atoms with Crippen molar-refractivity contribution in [1.82, 2.24) is 9.78 Å². The van der Waals surface area contributed by atoms with Crippen molar-refractivity contribution in [2.45, 2.75) is 17.6 Å². The van der Waals surface area contributed by atoms with Crippen LogP contribution in [0.4, 0.5) is 5.69 Å². The quantitative estimate of drug-likeness (QED) is 0.690. The molecule has 0 saturated carbocycles. The molecule has 0 unspecified atom stereocenters. The van der Waals surface area contributed by atoms with Crippen LogP contribution in [0.2, 0.25) is 10.0 Å². The van der Waals surface area contributed by atoms with Gasteiger partial charge in [0.05, 0.1) is 16.4 Å². The zero-order valence-corrected chi connectivity index (χ0v) is 12.4. The SMILES string of the molecule is Cc1nn(C)c(CSc2ccc(Cl)cc2N)c1Cl. The van der Waals surface area contributed by atoms with Crippen LogP contribution in [0.1, 0.15) is 11.4 Å². The second-order valence-corrected chi connectivity index (χ2v) is 5.77. The van der Waals surface area contributed by atoms with E-state index in [9.17, 15) is 0 Å². The molecule has 96 valence electrons. The highest BCUT2D eigenvalue weighted by atomic mass is 35.5. The molecule has 0 radical (unpaired) electrons. The molecule has 1 aromatic heterocycles. The maximum absolute atomic E-state index is 6.20. The smallest absolute Gasteiger partial charge is 0.0855 e. The molecule has 18 heavy (non-hydrogen) atoms. The lowest BCUT2D eigenvalue weighted by Gasteiger charge is -2.06. The van der Waals surface area contributed by atoms with E-state index in [1.165, 1.54) is 0 Å². The molecule has 0 aliphatic rings. The van der Waals surface area contributed by atoms with Gasteiger partial charge in [-0.25, -0.2) is 0 Å². The number of thioether (sulfide) groups is 1. The minimum Gasteiger partial charge on any atom is -0.398 e. The lowest BCUT2D eigenvalue weighted by molar-refractivity contribution is 0.727. The number of halogens is 2. The van der Waals surface area contributed by atoms with Gasteiger partial charge in [0.2, 0.25) is 0 Å². The Morgan fingerprint density at radius 3 is 2.67 bits per heavy atom. The normalized spacial score (nSPS) is 10.9. The van der Waals surface area contributed by atoms with E-state index in [1.807, 2.05) is 26.1 Å². The van der Waals surface area contributed by atoms with Gasteiger partial charge in [-0.3, -0.25) is 4.68 Å². The first-order valence-electron chi connectivity index (χ1n) is 5.35. The summed E-state index contributed by atoms with van der Waals surface area (Å²) in [6.45, 7) is 1.90. The van der Waals surface area contributed by atoms with Crippen molar-refractivity contribution in [2.24, 2.45) is 7.05 Å². The summed E-state index contributed by atoms with van der Waals surface area (Å²) in [4.78, 5) is 0.995. The predicted molar refractivity (Wildman–Crippen MR) is 78.4 cm³/mol. The van der Waals surface area contributed by atoms with Crippen molar-refractivity contribution in [3.05, 3.63) is 39.6 Å². The number of hydrogen-bond acceptors (Lipinski definition) is 3. The number of anilines is 1. The van der Waals surface area contributed by atoms with Crippen molar-refractivity contribution < 1.29 is 0 Å². The second-order valence-electron chi connectivity index (χ2n) is 3.94. The van der Waals surface area contributed by atoms with Crippen molar-refractivity contribution in [1.29, 1.82) is 0 Å². The van der Waals surface area contributed by atoms with Crippen LogP contribution in [0.25, 0.3) is 0 Å². The van der Waals surface area contributed by atoms with Crippen molar-refractivity contribution in [3.63, 3.8) is 0 Å². The molecule has 0 fully saturated rings. The fourth-order valence-corrected chi connectivity index (χ4v) is 3.13. The summed E-state index contributed by atoms with van der Waals surface area (Å²) < 4.78 is 1.80. The molecule has 6 heteroatoms. The molecular weight excluding hydrogens is 289 g/mol. The third kappa shape index (κ3) is 2.76. The Balaban J connectivity index is 2.16. The number of rotatable bonds is 3. The van der Waals surface area contributed by atoms with Gasteiger partial charge < -0.3 is 5.73 Å². The lowest BCUT2D eigenvalue weighted by Crippen LogP contribution is -1.97. The zero-order valence-electron chi connectivity index (χ0n) is 10.1. The van der Waals surface area contributed by atoms with Crippen molar-refractivity contribution in [2.75, 3.05) is 5.73 Å². The minimum atomic E-state index is 0.645. The average Bonchev–Trinajstić information content (AvgIpc) is 2.53. The third-order valence-electron chi connectivity index (χ3n) is 2.60. The number of aryl methyl sites for hydroxylation is 2. The summed E-state index contributed by atoms with van der Waals surface area (Å²) in [5.41, 5.74) is 8.43. The molecular formula is C12H13Cl2N3S. The van der Waals surface area contributed by atoms with Gasteiger partial charge in [0, 0.05) is 28.4 Å². The summed E-state index contributed by atoms with van der Waals surface area (Å²) in [5.74, 6) is 0.724. The van der Waals surface area contributed by atoms with E-state index in [4.69, 9.17) is 28.9 Å². The molecule has 0 spiro atoms. The largest absolute Gasteiger partial charge is 0.398 e. The number of nitrogens with zero attached hydrogens (tertiary/aromatic N) is 2. The first-order valence-corrected chi connectivity index (χ1v) is 7.09. The van der Waals surface area contributed by atoms with Crippen molar-refractivity contribution >= 4 is 40.7 Å². The van der Waals surface area contributed by atoms with E-state index < -0.39 is 0 Å². The van der Waals surface area contributed by atoms with E-state index in [1.54, 1.807) is 22.5 Å². The van der Waals surface area contributed by atoms with Crippen LogP contribution in [-0.2, 0) is 12.8 Å². The van der Waals surface area contributed by atoms with E-state index >= 15 is 0 Å². The molecule has 0 bridgehead atoms. The van der Waals surface area contributed by atoms with Gasteiger partial charge in [-0.2, -0.15) is 5.10 Å². The molecule has 0 atom stereocenters.